The number of carboxylic acids is 1. The van der Waals surface area contributed by atoms with Crippen LogP contribution in [0.1, 0.15) is 25.3 Å². The van der Waals surface area contributed by atoms with Gasteiger partial charge >= 0.3 is 5.97 Å². The Kier molecular flexibility index (Phi) is 5.95. The van der Waals surface area contributed by atoms with Gasteiger partial charge in [-0.05, 0) is 24.3 Å². The van der Waals surface area contributed by atoms with E-state index in [4.69, 9.17) is 9.84 Å². The first-order chi connectivity index (χ1) is 10.6. The number of nitrogens with zero attached hydrogens (tertiary/aromatic N) is 1. The zero-order valence-electron chi connectivity index (χ0n) is 12.9. The van der Waals surface area contributed by atoms with Crippen molar-refractivity contribution in [3.63, 3.8) is 0 Å². The molecule has 1 saturated heterocycles. The van der Waals surface area contributed by atoms with Gasteiger partial charge in [0, 0.05) is 25.7 Å². The quantitative estimate of drug-likeness (QED) is 0.874. The number of hydrogen-bond donors (Lipinski definition) is 1. The summed E-state index contributed by atoms with van der Waals surface area (Å²) in [6.45, 7) is 3.33. The molecular formula is C17H23NO4. The zero-order chi connectivity index (χ0) is 15.9. The Balaban J connectivity index is 2.06. The molecule has 120 valence electrons. The summed E-state index contributed by atoms with van der Waals surface area (Å²) < 4.78 is 5.33. The summed E-state index contributed by atoms with van der Waals surface area (Å²) >= 11 is 0. The highest BCUT2D eigenvalue weighted by atomic mass is 16.5. The van der Waals surface area contributed by atoms with Crippen LogP contribution in [-0.4, -0.2) is 41.6 Å². The van der Waals surface area contributed by atoms with E-state index >= 15 is 0 Å². The molecular weight excluding hydrogens is 282 g/mol. The molecule has 0 radical (unpaired) electrons. The van der Waals surface area contributed by atoms with E-state index in [0.29, 0.717) is 19.8 Å². The predicted molar refractivity (Wildman–Crippen MR) is 82.2 cm³/mol. The van der Waals surface area contributed by atoms with Gasteiger partial charge in [-0.1, -0.05) is 37.3 Å². The molecule has 5 heteroatoms. The number of aliphatic carboxylic acids is 1. The van der Waals surface area contributed by atoms with Crippen LogP contribution in [-0.2, 0) is 20.9 Å². The van der Waals surface area contributed by atoms with Crippen molar-refractivity contribution >= 4 is 11.9 Å². The third kappa shape index (κ3) is 4.56. The second kappa shape index (κ2) is 7.94. The van der Waals surface area contributed by atoms with Gasteiger partial charge in [0.2, 0.25) is 5.91 Å². The van der Waals surface area contributed by atoms with E-state index in [0.717, 1.165) is 18.4 Å². The summed E-state index contributed by atoms with van der Waals surface area (Å²) in [7, 11) is 0. The average molecular weight is 305 g/mol. The highest BCUT2D eigenvalue weighted by molar-refractivity contribution is 5.83. The van der Waals surface area contributed by atoms with Crippen LogP contribution in [0.4, 0.5) is 0 Å². The molecule has 0 aliphatic carbocycles. The van der Waals surface area contributed by atoms with Crippen molar-refractivity contribution in [3.8, 4) is 0 Å². The molecule has 1 amide bonds. The van der Waals surface area contributed by atoms with Crippen molar-refractivity contribution in [2.45, 2.75) is 26.3 Å². The maximum atomic E-state index is 12.7. The van der Waals surface area contributed by atoms with Crippen LogP contribution in [0, 0.1) is 11.8 Å². The fourth-order valence-corrected chi connectivity index (χ4v) is 2.88. The molecule has 1 heterocycles. The Morgan fingerprint density at radius 3 is 2.50 bits per heavy atom. The van der Waals surface area contributed by atoms with Gasteiger partial charge in [-0.3, -0.25) is 9.59 Å². The monoisotopic (exact) mass is 305 g/mol. The molecule has 1 unspecified atom stereocenters. The van der Waals surface area contributed by atoms with Crippen molar-refractivity contribution in [1.29, 1.82) is 0 Å². The topological polar surface area (TPSA) is 66.8 Å². The van der Waals surface area contributed by atoms with Gasteiger partial charge in [-0.2, -0.15) is 0 Å². The van der Waals surface area contributed by atoms with Gasteiger partial charge < -0.3 is 14.7 Å². The first-order valence-corrected chi connectivity index (χ1v) is 7.70. The van der Waals surface area contributed by atoms with Crippen LogP contribution in [0.5, 0.6) is 0 Å². The normalized spacial score (nSPS) is 17.0. The minimum absolute atomic E-state index is 0.0850. The van der Waals surface area contributed by atoms with Gasteiger partial charge in [0.25, 0.3) is 0 Å². The molecule has 1 aliphatic heterocycles. The lowest BCUT2D eigenvalue weighted by atomic mass is 9.86. The highest BCUT2D eigenvalue weighted by Crippen LogP contribution is 2.25. The molecule has 22 heavy (non-hydrogen) atoms. The number of amides is 1. The first kappa shape index (κ1) is 16.5. The molecule has 0 bridgehead atoms. The molecule has 1 N–H and O–H groups in total. The summed E-state index contributed by atoms with van der Waals surface area (Å²) in [5.74, 6) is -0.970. The lowest BCUT2D eigenvalue weighted by Gasteiger charge is -2.31. The number of carbonyl (C=O) groups is 2. The van der Waals surface area contributed by atoms with Crippen LogP contribution < -0.4 is 0 Å². The standard InChI is InChI=1S/C17H23NO4/c1-13(15-7-9-22-10-8-15)17(21)18(12-16(19)20)11-14-5-3-2-4-6-14/h2-6,13,15H,7-12H2,1H3,(H,19,20). The van der Waals surface area contributed by atoms with Gasteiger partial charge in [0.1, 0.15) is 6.54 Å². The van der Waals surface area contributed by atoms with Crippen molar-refractivity contribution in [2.75, 3.05) is 19.8 Å². The second-order valence-electron chi connectivity index (χ2n) is 5.81. The minimum Gasteiger partial charge on any atom is -0.480 e. The lowest BCUT2D eigenvalue weighted by molar-refractivity contribution is -0.148. The van der Waals surface area contributed by atoms with Crippen molar-refractivity contribution in [2.24, 2.45) is 11.8 Å². The Labute approximate surface area is 130 Å². The van der Waals surface area contributed by atoms with Crippen molar-refractivity contribution < 1.29 is 19.4 Å². The van der Waals surface area contributed by atoms with Crippen LogP contribution in [0.15, 0.2) is 30.3 Å². The smallest absolute Gasteiger partial charge is 0.323 e. The van der Waals surface area contributed by atoms with E-state index in [-0.39, 0.29) is 24.3 Å². The minimum atomic E-state index is -0.983. The summed E-state index contributed by atoms with van der Waals surface area (Å²) in [5, 5.41) is 9.09. The Morgan fingerprint density at radius 1 is 1.27 bits per heavy atom. The van der Waals surface area contributed by atoms with Crippen LogP contribution >= 0.6 is 0 Å². The fraction of sp³-hybridized carbons (Fsp3) is 0.529. The summed E-state index contributed by atoms with van der Waals surface area (Å²) in [6.07, 6.45) is 1.72. The van der Waals surface area contributed by atoms with E-state index in [1.165, 1.54) is 4.90 Å². The Bertz CT molecular complexity index is 497. The number of benzene rings is 1. The van der Waals surface area contributed by atoms with Crippen molar-refractivity contribution in [1.82, 2.24) is 4.90 Å². The van der Waals surface area contributed by atoms with Gasteiger partial charge in [-0.25, -0.2) is 0 Å². The molecule has 1 fully saturated rings. The number of rotatable bonds is 6. The summed E-state index contributed by atoms with van der Waals surface area (Å²) in [5.41, 5.74) is 0.941. The molecule has 1 atom stereocenters. The number of ether oxygens (including phenoxy) is 1. The summed E-state index contributed by atoms with van der Waals surface area (Å²) in [4.78, 5) is 25.2. The van der Waals surface area contributed by atoms with Crippen LogP contribution in [0.25, 0.3) is 0 Å². The third-order valence-electron chi connectivity index (χ3n) is 4.22. The zero-order valence-corrected chi connectivity index (χ0v) is 12.9. The SMILES string of the molecule is CC(C(=O)N(CC(=O)O)Cc1ccccc1)C1CCOCC1. The molecule has 1 aliphatic rings. The summed E-state index contributed by atoms with van der Waals surface area (Å²) in [6, 6.07) is 9.49. The largest absolute Gasteiger partial charge is 0.480 e. The number of hydrogen-bond acceptors (Lipinski definition) is 3. The molecule has 2 rings (SSSR count). The van der Waals surface area contributed by atoms with E-state index < -0.39 is 5.97 Å². The highest BCUT2D eigenvalue weighted by Gasteiger charge is 2.30. The molecule has 1 aromatic rings. The Morgan fingerprint density at radius 2 is 1.91 bits per heavy atom. The maximum Gasteiger partial charge on any atom is 0.323 e. The maximum absolute atomic E-state index is 12.7. The van der Waals surface area contributed by atoms with E-state index in [1.807, 2.05) is 37.3 Å². The average Bonchev–Trinajstić information content (AvgIpc) is 2.54. The van der Waals surface area contributed by atoms with E-state index in [1.54, 1.807) is 0 Å². The fourth-order valence-electron chi connectivity index (χ4n) is 2.88. The van der Waals surface area contributed by atoms with E-state index in [2.05, 4.69) is 0 Å². The Hall–Kier alpha value is -1.88. The molecule has 0 saturated carbocycles. The van der Waals surface area contributed by atoms with Crippen molar-refractivity contribution in [3.05, 3.63) is 35.9 Å². The van der Waals surface area contributed by atoms with E-state index in [9.17, 15) is 9.59 Å². The van der Waals surface area contributed by atoms with Gasteiger partial charge in [0.15, 0.2) is 0 Å². The molecule has 5 nitrogen and oxygen atoms in total. The van der Waals surface area contributed by atoms with Crippen LogP contribution in [0.3, 0.4) is 0 Å². The third-order valence-corrected chi connectivity index (χ3v) is 4.22. The van der Waals surface area contributed by atoms with Gasteiger partial charge in [0.05, 0.1) is 0 Å². The molecule has 0 aromatic heterocycles. The number of carbonyl (C=O) groups excluding carboxylic acids is 1. The van der Waals surface area contributed by atoms with Crippen LogP contribution in [0.2, 0.25) is 0 Å². The molecule has 1 aromatic carbocycles. The first-order valence-electron chi connectivity index (χ1n) is 7.70. The van der Waals surface area contributed by atoms with Gasteiger partial charge in [-0.15, -0.1) is 0 Å². The number of carboxylic acid groups (broad SMARTS) is 1. The second-order valence-corrected chi connectivity index (χ2v) is 5.81. The molecule has 0 spiro atoms. The predicted octanol–water partition coefficient (Wildman–Crippen LogP) is 2.16. The lowest BCUT2D eigenvalue weighted by Crippen LogP contribution is -2.41.